The molecule has 3 aliphatic carbocycles. The number of aryl methyl sites for hydroxylation is 6. The lowest BCUT2D eigenvalue weighted by Crippen LogP contribution is -2.10. The van der Waals surface area contributed by atoms with Crippen molar-refractivity contribution in [1.29, 1.82) is 0 Å². The van der Waals surface area contributed by atoms with Gasteiger partial charge < -0.3 is 0 Å². The summed E-state index contributed by atoms with van der Waals surface area (Å²) >= 11 is 0. The third-order valence-corrected chi connectivity index (χ3v) is 7.02. The average Bonchev–Trinajstić information content (AvgIpc) is 2.70. The first kappa shape index (κ1) is 16.5. The van der Waals surface area contributed by atoms with Crippen molar-refractivity contribution in [1.82, 2.24) is 15.0 Å². The number of hydrogen-bond donors (Lipinski definition) is 0. The molecule has 0 spiro atoms. The van der Waals surface area contributed by atoms with Crippen LogP contribution in [0.2, 0.25) is 0 Å². The van der Waals surface area contributed by atoms with Gasteiger partial charge in [0.25, 0.3) is 0 Å². The SMILES string of the molecule is c1cc2c(cc1-c1nc(-c3ccc4c(c3)CC4)nc(-c3ccc4c(c3)CC4)n1)CC2. The molecular formula is C27H21N3. The maximum atomic E-state index is 4.92. The number of hydrogen-bond acceptors (Lipinski definition) is 3. The third-order valence-electron chi connectivity index (χ3n) is 7.02. The number of fused-ring (bicyclic) bond motifs is 3. The number of nitrogens with zero attached hydrogens (tertiary/aromatic N) is 3. The van der Waals surface area contributed by atoms with Crippen LogP contribution in [0.3, 0.4) is 0 Å². The van der Waals surface area contributed by atoms with Crippen LogP contribution in [0.4, 0.5) is 0 Å². The molecule has 1 aromatic heterocycles. The van der Waals surface area contributed by atoms with E-state index in [1.807, 2.05) is 0 Å². The van der Waals surface area contributed by atoms with E-state index in [9.17, 15) is 0 Å². The summed E-state index contributed by atoms with van der Waals surface area (Å²) in [5.41, 5.74) is 11.9. The van der Waals surface area contributed by atoms with Crippen LogP contribution in [0.15, 0.2) is 54.6 Å². The molecule has 3 aromatic carbocycles. The van der Waals surface area contributed by atoms with Crippen molar-refractivity contribution in [2.75, 3.05) is 0 Å². The zero-order valence-corrected chi connectivity index (χ0v) is 16.8. The van der Waals surface area contributed by atoms with Gasteiger partial charge >= 0.3 is 0 Å². The van der Waals surface area contributed by atoms with E-state index >= 15 is 0 Å². The molecule has 4 aromatic rings. The molecular weight excluding hydrogens is 366 g/mol. The summed E-state index contributed by atoms with van der Waals surface area (Å²) in [6, 6.07) is 20.0. The van der Waals surface area contributed by atoms with Crippen molar-refractivity contribution in [3.8, 4) is 34.2 Å². The summed E-state index contributed by atoms with van der Waals surface area (Å²) < 4.78 is 0. The topological polar surface area (TPSA) is 38.7 Å². The van der Waals surface area contributed by atoms with Gasteiger partial charge in [-0.05, 0) is 90.1 Å². The Hall–Kier alpha value is -3.33. The summed E-state index contributed by atoms with van der Waals surface area (Å²) in [4.78, 5) is 14.8. The molecule has 0 aliphatic heterocycles. The molecule has 3 aliphatic rings. The van der Waals surface area contributed by atoms with E-state index in [0.717, 1.165) is 53.4 Å². The molecule has 3 heteroatoms. The van der Waals surface area contributed by atoms with E-state index < -0.39 is 0 Å². The largest absolute Gasteiger partial charge is 0.208 e. The van der Waals surface area contributed by atoms with Crippen LogP contribution in [-0.4, -0.2) is 15.0 Å². The van der Waals surface area contributed by atoms with Gasteiger partial charge in [0.05, 0.1) is 0 Å². The predicted molar refractivity (Wildman–Crippen MR) is 118 cm³/mol. The van der Waals surface area contributed by atoms with Gasteiger partial charge in [0.1, 0.15) is 0 Å². The van der Waals surface area contributed by atoms with Gasteiger partial charge in [-0.3, -0.25) is 0 Å². The first-order valence-corrected chi connectivity index (χ1v) is 10.9. The Bertz CT molecular complexity index is 1170. The summed E-state index contributed by atoms with van der Waals surface area (Å²) in [6.45, 7) is 0. The van der Waals surface area contributed by atoms with Gasteiger partial charge in [-0.2, -0.15) is 0 Å². The second-order valence-corrected chi connectivity index (χ2v) is 8.76. The van der Waals surface area contributed by atoms with Crippen LogP contribution in [0.1, 0.15) is 33.4 Å². The summed E-state index contributed by atoms with van der Waals surface area (Å²) in [6.07, 6.45) is 7.03. The van der Waals surface area contributed by atoms with Gasteiger partial charge in [0.2, 0.25) is 0 Å². The van der Waals surface area contributed by atoms with Crippen molar-refractivity contribution in [3.63, 3.8) is 0 Å². The Kier molecular flexibility index (Phi) is 3.34. The van der Waals surface area contributed by atoms with Crippen LogP contribution in [0.5, 0.6) is 0 Å². The highest BCUT2D eigenvalue weighted by molar-refractivity contribution is 5.69. The lowest BCUT2D eigenvalue weighted by molar-refractivity contribution is 0.837. The minimum Gasteiger partial charge on any atom is -0.208 e. The predicted octanol–water partition coefficient (Wildman–Crippen LogP) is 5.17. The fraction of sp³-hybridized carbons (Fsp3) is 0.222. The molecule has 0 saturated carbocycles. The van der Waals surface area contributed by atoms with Gasteiger partial charge in [-0.25, -0.2) is 15.0 Å². The molecule has 144 valence electrons. The molecule has 0 radical (unpaired) electrons. The molecule has 0 saturated heterocycles. The van der Waals surface area contributed by atoms with Crippen LogP contribution in [0, 0.1) is 0 Å². The number of benzene rings is 3. The molecule has 30 heavy (non-hydrogen) atoms. The van der Waals surface area contributed by atoms with Crippen molar-refractivity contribution in [3.05, 3.63) is 88.0 Å². The molecule has 0 unspecified atom stereocenters. The van der Waals surface area contributed by atoms with Crippen LogP contribution < -0.4 is 0 Å². The minimum absolute atomic E-state index is 0.773. The Morgan fingerprint density at radius 2 is 0.667 bits per heavy atom. The maximum absolute atomic E-state index is 4.92. The number of aromatic nitrogens is 3. The van der Waals surface area contributed by atoms with Crippen molar-refractivity contribution < 1.29 is 0 Å². The van der Waals surface area contributed by atoms with E-state index in [4.69, 9.17) is 15.0 Å². The van der Waals surface area contributed by atoms with E-state index in [1.165, 1.54) is 52.6 Å². The van der Waals surface area contributed by atoms with Gasteiger partial charge in [-0.15, -0.1) is 0 Å². The fourth-order valence-electron chi connectivity index (χ4n) is 4.77. The summed E-state index contributed by atoms with van der Waals surface area (Å²) in [5.74, 6) is 2.32. The van der Waals surface area contributed by atoms with Crippen LogP contribution >= 0.6 is 0 Å². The second-order valence-electron chi connectivity index (χ2n) is 8.76. The molecule has 0 bridgehead atoms. The van der Waals surface area contributed by atoms with Crippen LogP contribution in [-0.2, 0) is 38.5 Å². The van der Waals surface area contributed by atoms with Crippen LogP contribution in [0.25, 0.3) is 34.2 Å². The fourth-order valence-corrected chi connectivity index (χ4v) is 4.77. The zero-order chi connectivity index (χ0) is 19.7. The Balaban J connectivity index is 1.41. The highest BCUT2D eigenvalue weighted by Crippen LogP contribution is 2.33. The monoisotopic (exact) mass is 387 g/mol. The van der Waals surface area contributed by atoms with Crippen molar-refractivity contribution in [2.45, 2.75) is 38.5 Å². The molecule has 0 N–H and O–H groups in total. The second kappa shape index (κ2) is 6.09. The van der Waals surface area contributed by atoms with E-state index in [2.05, 4.69) is 54.6 Å². The highest BCUT2D eigenvalue weighted by Gasteiger charge is 2.20. The van der Waals surface area contributed by atoms with E-state index in [0.29, 0.717) is 0 Å². The van der Waals surface area contributed by atoms with Gasteiger partial charge in [0.15, 0.2) is 17.5 Å². The highest BCUT2D eigenvalue weighted by atomic mass is 15.0. The average molecular weight is 387 g/mol. The normalized spacial score (nSPS) is 15.2. The molecule has 0 atom stereocenters. The molecule has 0 amide bonds. The summed E-state index contributed by atoms with van der Waals surface area (Å²) in [7, 11) is 0. The maximum Gasteiger partial charge on any atom is 0.164 e. The van der Waals surface area contributed by atoms with Gasteiger partial charge in [0, 0.05) is 16.7 Å². The van der Waals surface area contributed by atoms with E-state index in [1.54, 1.807) is 0 Å². The standard InChI is InChI=1S/C27H21N3/c1-7-19-13-22(10-4-16(1)19)25-28-26(23-11-5-17-2-8-20(17)14-23)30-27(29-25)24-12-6-18-3-9-21(18)15-24/h4-6,10-15H,1-3,7-9H2. The number of rotatable bonds is 3. The lowest BCUT2D eigenvalue weighted by Gasteiger charge is -2.21. The first-order chi connectivity index (χ1) is 14.8. The smallest absolute Gasteiger partial charge is 0.164 e. The first-order valence-electron chi connectivity index (χ1n) is 10.9. The van der Waals surface area contributed by atoms with Crippen molar-refractivity contribution >= 4 is 0 Å². The molecule has 0 fully saturated rings. The quantitative estimate of drug-likeness (QED) is 0.487. The lowest BCUT2D eigenvalue weighted by atomic mass is 9.86. The Morgan fingerprint density at radius 1 is 0.367 bits per heavy atom. The van der Waals surface area contributed by atoms with E-state index in [-0.39, 0.29) is 0 Å². The molecule has 7 rings (SSSR count). The summed E-state index contributed by atoms with van der Waals surface area (Å²) in [5, 5.41) is 0. The molecule has 3 nitrogen and oxygen atoms in total. The minimum atomic E-state index is 0.773. The zero-order valence-electron chi connectivity index (χ0n) is 16.8. The Labute approximate surface area is 175 Å². The van der Waals surface area contributed by atoms with Gasteiger partial charge in [-0.1, -0.05) is 36.4 Å². The molecule has 1 heterocycles. The van der Waals surface area contributed by atoms with Crippen molar-refractivity contribution in [2.24, 2.45) is 0 Å². The Morgan fingerprint density at radius 3 is 0.900 bits per heavy atom. The third kappa shape index (κ3) is 2.48.